The first-order valence-corrected chi connectivity index (χ1v) is 9.02. The Morgan fingerprint density at radius 3 is 1.57 bits per heavy atom. The molecule has 3 aromatic rings. The second-order valence-electron chi connectivity index (χ2n) is 5.82. The molecule has 2 N–H and O–H groups in total. The first-order chi connectivity index (χ1) is 14.3. The lowest BCUT2D eigenvalue weighted by atomic mass is 10.2. The lowest BCUT2D eigenvalue weighted by Gasteiger charge is -2.19. The number of hydrogen-bond donors (Lipinski definition) is 2. The van der Waals surface area contributed by atoms with Crippen molar-refractivity contribution in [3.8, 4) is 5.75 Å². The first-order valence-electron chi connectivity index (χ1n) is 8.21. The molecular formula is C18H12N4O7S. The maximum atomic E-state index is 10.4. The van der Waals surface area contributed by atoms with Crippen LogP contribution in [0.25, 0.3) is 0 Å². The fourth-order valence-electron chi connectivity index (χ4n) is 2.55. The fraction of sp³-hybridized carbons (Fsp3) is 0. The Labute approximate surface area is 172 Å². The summed E-state index contributed by atoms with van der Waals surface area (Å²) in [4.78, 5) is 30.4. The minimum Gasteiger partial charge on any atom is -0.497 e. The van der Waals surface area contributed by atoms with Gasteiger partial charge in [0.1, 0.15) is 0 Å². The summed E-state index contributed by atoms with van der Waals surface area (Å²) in [6.45, 7) is 0. The van der Waals surface area contributed by atoms with Crippen LogP contribution in [-0.2, 0) is 0 Å². The van der Waals surface area contributed by atoms with Crippen molar-refractivity contribution >= 4 is 40.2 Å². The van der Waals surface area contributed by atoms with Crippen molar-refractivity contribution in [2.45, 2.75) is 9.79 Å². The van der Waals surface area contributed by atoms with Gasteiger partial charge in [-0.1, -0.05) is 36.0 Å². The molecular weight excluding hydrogens is 416 g/mol. The van der Waals surface area contributed by atoms with Gasteiger partial charge in [0.25, 0.3) is 11.4 Å². The third-order valence-corrected chi connectivity index (χ3v) is 5.07. The van der Waals surface area contributed by atoms with E-state index in [2.05, 4.69) is 53.8 Å². The number of hydrogen-bond acceptors (Lipinski definition) is 9. The molecule has 0 bridgehead atoms. The summed E-state index contributed by atoms with van der Waals surface area (Å²) in [5, 5.41) is 43.6. The van der Waals surface area contributed by atoms with Gasteiger partial charge in [-0.05, 0) is 24.3 Å². The molecule has 3 aromatic carbocycles. The number of aromatic hydroxyl groups is 1. The van der Waals surface area contributed by atoms with Gasteiger partial charge in [0, 0.05) is 9.79 Å². The quantitative estimate of drug-likeness (QED) is 0.337. The molecule has 30 heavy (non-hydrogen) atoms. The highest BCUT2D eigenvalue weighted by Crippen LogP contribution is 2.43. The average molecular weight is 428 g/mol. The van der Waals surface area contributed by atoms with Gasteiger partial charge in [-0.15, -0.1) is 0 Å². The van der Waals surface area contributed by atoms with Crippen LogP contribution in [0.5, 0.6) is 5.75 Å². The van der Waals surface area contributed by atoms with E-state index in [9.17, 15) is 30.3 Å². The number of nitro benzene ring substituents is 3. The standard InChI is InChI=1S/C12H9NS.C6H3N3O7/c1-3-7-11-9(5-1)13-10-6-2-4-8-12(10)14-11;10-6-4(8(13)14)1-3(7(11)12)2-5(6)9(15)16/h1-8,13H;1-2,10H. The van der Waals surface area contributed by atoms with Crippen molar-refractivity contribution in [3.63, 3.8) is 0 Å². The second-order valence-corrected chi connectivity index (χ2v) is 6.91. The van der Waals surface area contributed by atoms with E-state index in [1.165, 1.54) is 21.2 Å². The zero-order valence-corrected chi connectivity index (χ0v) is 15.7. The molecule has 12 heteroatoms. The number of phenolic OH excluding ortho intramolecular Hbond substituents is 1. The number of rotatable bonds is 3. The highest BCUT2D eigenvalue weighted by atomic mass is 32.2. The van der Waals surface area contributed by atoms with Gasteiger partial charge in [-0.25, -0.2) is 0 Å². The van der Waals surface area contributed by atoms with Crippen LogP contribution in [0.1, 0.15) is 0 Å². The fourth-order valence-corrected chi connectivity index (χ4v) is 3.54. The van der Waals surface area contributed by atoms with Gasteiger partial charge in [-0.2, -0.15) is 0 Å². The predicted octanol–water partition coefficient (Wildman–Crippen LogP) is 5.01. The summed E-state index contributed by atoms with van der Waals surface area (Å²) in [5.41, 5.74) is -0.592. The third-order valence-electron chi connectivity index (χ3n) is 3.92. The number of nitro groups is 3. The molecule has 0 spiro atoms. The van der Waals surface area contributed by atoms with Gasteiger partial charge >= 0.3 is 11.4 Å². The molecule has 152 valence electrons. The van der Waals surface area contributed by atoms with E-state index in [4.69, 9.17) is 5.11 Å². The Morgan fingerprint density at radius 2 is 1.17 bits per heavy atom. The van der Waals surface area contributed by atoms with Gasteiger partial charge in [0.05, 0.1) is 38.3 Å². The van der Waals surface area contributed by atoms with E-state index >= 15 is 0 Å². The SMILES string of the molecule is O=[N+]([O-])c1cc([N+](=O)[O-])c(O)c([N+](=O)[O-])c1.c1ccc2c(c1)Nc1ccccc1S2. The Bertz CT molecular complexity index is 1050. The van der Waals surface area contributed by atoms with Crippen LogP contribution in [0.3, 0.4) is 0 Å². The first kappa shape index (κ1) is 20.5. The summed E-state index contributed by atoms with van der Waals surface area (Å²) >= 11 is 1.82. The van der Waals surface area contributed by atoms with Gasteiger partial charge in [-0.3, -0.25) is 30.3 Å². The average Bonchev–Trinajstić information content (AvgIpc) is 2.72. The third kappa shape index (κ3) is 4.28. The molecule has 11 nitrogen and oxygen atoms in total. The van der Waals surface area contributed by atoms with Crippen LogP contribution in [-0.4, -0.2) is 19.9 Å². The number of non-ortho nitro benzene ring substituents is 1. The van der Waals surface area contributed by atoms with Crippen LogP contribution in [0.15, 0.2) is 70.5 Å². The zero-order chi connectivity index (χ0) is 21.8. The number of para-hydroxylation sites is 2. The topological polar surface area (TPSA) is 162 Å². The van der Waals surface area contributed by atoms with Crippen LogP contribution in [0.2, 0.25) is 0 Å². The molecule has 0 saturated heterocycles. The molecule has 4 rings (SSSR count). The Morgan fingerprint density at radius 1 is 0.733 bits per heavy atom. The van der Waals surface area contributed by atoms with Gasteiger partial charge in [0.15, 0.2) is 0 Å². The van der Waals surface area contributed by atoms with E-state index in [1.807, 2.05) is 11.8 Å². The highest BCUT2D eigenvalue weighted by molar-refractivity contribution is 7.99. The van der Waals surface area contributed by atoms with Crippen LogP contribution in [0.4, 0.5) is 28.4 Å². The van der Waals surface area contributed by atoms with Crippen molar-refractivity contribution in [1.82, 2.24) is 0 Å². The van der Waals surface area contributed by atoms with Crippen molar-refractivity contribution in [2.24, 2.45) is 0 Å². The summed E-state index contributed by atoms with van der Waals surface area (Å²) in [5.74, 6) is -1.21. The summed E-state index contributed by atoms with van der Waals surface area (Å²) in [6.07, 6.45) is 0. The molecule has 1 aliphatic heterocycles. The van der Waals surface area contributed by atoms with Gasteiger partial charge in [0.2, 0.25) is 0 Å². The number of nitrogens with zero attached hydrogens (tertiary/aromatic N) is 3. The zero-order valence-electron chi connectivity index (χ0n) is 14.9. The van der Waals surface area contributed by atoms with Crippen molar-refractivity contribution in [1.29, 1.82) is 0 Å². The van der Waals surface area contributed by atoms with E-state index in [0.29, 0.717) is 12.1 Å². The Hall–Kier alpha value is -4.19. The van der Waals surface area contributed by atoms with E-state index in [0.717, 1.165) is 0 Å². The number of phenols is 1. The largest absolute Gasteiger partial charge is 0.497 e. The summed E-state index contributed by atoms with van der Waals surface area (Å²) < 4.78 is 0. The lowest BCUT2D eigenvalue weighted by molar-refractivity contribution is -0.404. The normalized spacial score (nSPS) is 11.1. The Balaban J connectivity index is 0.000000171. The lowest BCUT2D eigenvalue weighted by Crippen LogP contribution is -1.98. The minimum atomic E-state index is -1.21. The molecule has 1 heterocycles. The molecule has 1 aliphatic rings. The Kier molecular flexibility index (Phi) is 5.78. The van der Waals surface area contributed by atoms with Crippen LogP contribution in [0, 0.1) is 30.3 Å². The molecule has 0 amide bonds. The second kappa shape index (κ2) is 8.45. The molecule has 0 aliphatic carbocycles. The summed E-state index contributed by atoms with van der Waals surface area (Å²) in [7, 11) is 0. The van der Waals surface area contributed by atoms with Crippen LogP contribution >= 0.6 is 11.8 Å². The van der Waals surface area contributed by atoms with E-state index in [-0.39, 0.29) is 0 Å². The number of anilines is 2. The molecule has 0 radical (unpaired) electrons. The van der Waals surface area contributed by atoms with Crippen molar-refractivity contribution in [3.05, 3.63) is 91.0 Å². The number of fused-ring (bicyclic) bond motifs is 2. The number of benzene rings is 3. The van der Waals surface area contributed by atoms with E-state index in [1.54, 1.807) is 0 Å². The van der Waals surface area contributed by atoms with Gasteiger partial charge < -0.3 is 10.4 Å². The predicted molar refractivity (Wildman–Crippen MR) is 108 cm³/mol. The minimum absolute atomic E-state index is 0.447. The molecule has 0 atom stereocenters. The number of nitrogens with one attached hydrogen (secondary N) is 1. The molecule has 0 aromatic heterocycles. The molecule has 0 saturated carbocycles. The van der Waals surface area contributed by atoms with E-state index < -0.39 is 37.6 Å². The summed E-state index contributed by atoms with van der Waals surface area (Å²) in [6, 6.07) is 17.6. The van der Waals surface area contributed by atoms with Crippen molar-refractivity contribution < 1.29 is 19.9 Å². The maximum absolute atomic E-state index is 10.4. The molecule has 0 fully saturated rings. The maximum Gasteiger partial charge on any atom is 0.324 e. The highest BCUT2D eigenvalue weighted by Gasteiger charge is 2.30. The molecule has 0 unspecified atom stereocenters. The van der Waals surface area contributed by atoms with Crippen molar-refractivity contribution in [2.75, 3.05) is 5.32 Å². The van der Waals surface area contributed by atoms with Crippen LogP contribution < -0.4 is 5.32 Å². The smallest absolute Gasteiger partial charge is 0.324 e. The monoisotopic (exact) mass is 428 g/mol.